The van der Waals surface area contributed by atoms with E-state index in [4.69, 9.17) is 32.7 Å². The summed E-state index contributed by atoms with van der Waals surface area (Å²) in [5.41, 5.74) is 0.231. The van der Waals surface area contributed by atoms with E-state index in [1.807, 2.05) is 26.8 Å². The van der Waals surface area contributed by atoms with Gasteiger partial charge in [-0.05, 0) is 50.6 Å². The SMILES string of the molecule is CC(C)(C)OC(=O)N1CCO[C@@H](c2ccc(Cl)c(Cl)c2)[C@H](CNc2ncccc2C(=O)O)C1. The Balaban J connectivity index is 1.88. The van der Waals surface area contributed by atoms with Crippen LogP contribution in [0.25, 0.3) is 0 Å². The van der Waals surface area contributed by atoms with Crippen molar-refractivity contribution >= 4 is 41.1 Å². The van der Waals surface area contributed by atoms with Crippen LogP contribution < -0.4 is 5.32 Å². The zero-order chi connectivity index (χ0) is 24.2. The van der Waals surface area contributed by atoms with Crippen LogP contribution >= 0.6 is 23.2 Å². The van der Waals surface area contributed by atoms with Crippen LogP contribution in [0, 0.1) is 5.92 Å². The van der Waals surface area contributed by atoms with Crippen molar-refractivity contribution in [3.8, 4) is 0 Å². The van der Waals surface area contributed by atoms with Crippen LogP contribution in [0.3, 0.4) is 0 Å². The minimum atomic E-state index is -1.08. The fourth-order valence-corrected chi connectivity index (χ4v) is 3.87. The highest BCUT2D eigenvalue weighted by Crippen LogP contribution is 2.34. The van der Waals surface area contributed by atoms with Crippen molar-refractivity contribution in [3.63, 3.8) is 0 Å². The topological polar surface area (TPSA) is 101 Å². The van der Waals surface area contributed by atoms with E-state index in [0.717, 1.165) is 5.56 Å². The Kier molecular flexibility index (Phi) is 8.05. The highest BCUT2D eigenvalue weighted by molar-refractivity contribution is 6.42. The Labute approximate surface area is 202 Å². The zero-order valence-electron chi connectivity index (χ0n) is 18.7. The highest BCUT2D eigenvalue weighted by atomic mass is 35.5. The summed E-state index contributed by atoms with van der Waals surface area (Å²) in [6.07, 6.45) is 0.661. The van der Waals surface area contributed by atoms with E-state index >= 15 is 0 Å². The molecule has 0 unspecified atom stereocenters. The number of rotatable bonds is 5. The third kappa shape index (κ3) is 6.72. The van der Waals surface area contributed by atoms with Crippen molar-refractivity contribution in [2.24, 2.45) is 5.92 Å². The highest BCUT2D eigenvalue weighted by Gasteiger charge is 2.33. The van der Waals surface area contributed by atoms with E-state index in [2.05, 4.69) is 10.3 Å². The molecular formula is C23H27Cl2N3O5. The summed E-state index contributed by atoms with van der Waals surface area (Å²) in [4.78, 5) is 30.1. The number of benzene rings is 1. The number of carboxylic acids is 1. The first-order chi connectivity index (χ1) is 15.5. The largest absolute Gasteiger partial charge is 0.478 e. The third-order valence-electron chi connectivity index (χ3n) is 5.04. The molecule has 1 aliphatic heterocycles. The van der Waals surface area contributed by atoms with Gasteiger partial charge in [-0.3, -0.25) is 0 Å². The van der Waals surface area contributed by atoms with Gasteiger partial charge in [0, 0.05) is 31.7 Å². The van der Waals surface area contributed by atoms with E-state index in [1.165, 1.54) is 12.3 Å². The number of carbonyl (C=O) groups excluding carboxylic acids is 1. The van der Waals surface area contributed by atoms with Crippen LogP contribution in [0.4, 0.5) is 10.6 Å². The minimum absolute atomic E-state index is 0.0575. The fourth-order valence-electron chi connectivity index (χ4n) is 3.56. The molecule has 2 atom stereocenters. The number of halogens is 2. The van der Waals surface area contributed by atoms with Gasteiger partial charge in [0.1, 0.15) is 17.0 Å². The first-order valence-electron chi connectivity index (χ1n) is 10.5. The van der Waals surface area contributed by atoms with Crippen LogP contribution in [0.1, 0.15) is 42.8 Å². The molecule has 1 aliphatic rings. The lowest BCUT2D eigenvalue weighted by Gasteiger charge is -2.30. The van der Waals surface area contributed by atoms with Gasteiger partial charge in [0.25, 0.3) is 0 Å². The molecule has 1 saturated heterocycles. The maximum atomic E-state index is 12.8. The summed E-state index contributed by atoms with van der Waals surface area (Å²) in [7, 11) is 0. The molecule has 0 radical (unpaired) electrons. The Morgan fingerprint density at radius 3 is 2.70 bits per heavy atom. The Morgan fingerprint density at radius 1 is 1.27 bits per heavy atom. The number of nitrogens with zero attached hydrogens (tertiary/aromatic N) is 2. The van der Waals surface area contributed by atoms with Crippen LogP contribution in [-0.2, 0) is 9.47 Å². The van der Waals surface area contributed by atoms with Gasteiger partial charge in [-0.15, -0.1) is 0 Å². The third-order valence-corrected chi connectivity index (χ3v) is 5.77. The fraction of sp³-hybridized carbons (Fsp3) is 0.435. The van der Waals surface area contributed by atoms with E-state index in [0.29, 0.717) is 36.3 Å². The summed E-state index contributed by atoms with van der Waals surface area (Å²) in [5, 5.41) is 13.4. The predicted molar refractivity (Wildman–Crippen MR) is 126 cm³/mol. The molecule has 1 aromatic carbocycles. The summed E-state index contributed by atoms with van der Waals surface area (Å²) < 4.78 is 11.7. The molecule has 1 amide bonds. The summed E-state index contributed by atoms with van der Waals surface area (Å²) in [6.45, 7) is 6.70. The van der Waals surface area contributed by atoms with Gasteiger partial charge in [-0.25, -0.2) is 14.6 Å². The number of nitrogens with one attached hydrogen (secondary N) is 1. The van der Waals surface area contributed by atoms with E-state index < -0.39 is 23.8 Å². The molecule has 8 nitrogen and oxygen atoms in total. The quantitative estimate of drug-likeness (QED) is 0.592. The molecule has 1 fully saturated rings. The normalized spacial score (nSPS) is 19.0. The lowest BCUT2D eigenvalue weighted by Crippen LogP contribution is -2.41. The molecule has 178 valence electrons. The Morgan fingerprint density at radius 2 is 2.03 bits per heavy atom. The second-order valence-corrected chi connectivity index (χ2v) is 9.55. The second-order valence-electron chi connectivity index (χ2n) is 8.74. The smallest absolute Gasteiger partial charge is 0.410 e. The molecular weight excluding hydrogens is 469 g/mol. The van der Waals surface area contributed by atoms with Crippen LogP contribution in [0.15, 0.2) is 36.5 Å². The van der Waals surface area contributed by atoms with Gasteiger partial charge in [-0.1, -0.05) is 29.3 Å². The van der Waals surface area contributed by atoms with E-state index in [1.54, 1.807) is 23.1 Å². The van der Waals surface area contributed by atoms with Gasteiger partial charge in [-0.2, -0.15) is 0 Å². The number of carboxylic acid groups (broad SMARTS) is 1. The Hall–Kier alpha value is -2.55. The van der Waals surface area contributed by atoms with Gasteiger partial charge in [0.2, 0.25) is 0 Å². The molecule has 0 saturated carbocycles. The molecule has 0 aliphatic carbocycles. The zero-order valence-corrected chi connectivity index (χ0v) is 20.2. The molecule has 2 heterocycles. The van der Waals surface area contributed by atoms with Crippen molar-refractivity contribution < 1.29 is 24.2 Å². The monoisotopic (exact) mass is 495 g/mol. The second kappa shape index (κ2) is 10.6. The average Bonchev–Trinajstić information content (AvgIpc) is 2.96. The first kappa shape index (κ1) is 25.1. The number of anilines is 1. The van der Waals surface area contributed by atoms with Gasteiger partial charge >= 0.3 is 12.1 Å². The van der Waals surface area contributed by atoms with Crippen molar-refractivity contribution in [3.05, 3.63) is 57.7 Å². The van der Waals surface area contributed by atoms with Crippen molar-refractivity contribution in [1.29, 1.82) is 0 Å². The van der Waals surface area contributed by atoms with E-state index in [-0.39, 0.29) is 17.3 Å². The molecule has 10 heteroatoms. The molecule has 33 heavy (non-hydrogen) atoms. The lowest BCUT2D eigenvalue weighted by atomic mass is 9.95. The molecule has 1 aromatic heterocycles. The number of aromatic carboxylic acids is 1. The summed E-state index contributed by atoms with van der Waals surface area (Å²) in [6, 6.07) is 8.31. The number of hydrogen-bond donors (Lipinski definition) is 2. The minimum Gasteiger partial charge on any atom is -0.478 e. The molecule has 0 bridgehead atoms. The standard InChI is InChI=1S/C23H27Cl2N3O5/c1-23(2,3)33-22(31)28-9-10-32-19(14-6-7-17(24)18(25)11-14)15(13-28)12-27-20-16(21(29)30)5-4-8-26-20/h4-8,11,15,19H,9-10,12-13H2,1-3H3,(H,26,27)(H,29,30)/t15-,19+/m1/s1. The number of carbonyl (C=O) groups is 2. The maximum absolute atomic E-state index is 12.8. The number of hydrogen-bond acceptors (Lipinski definition) is 6. The molecule has 3 rings (SSSR count). The average molecular weight is 496 g/mol. The van der Waals surface area contributed by atoms with Gasteiger partial charge in [0.05, 0.1) is 22.8 Å². The summed E-state index contributed by atoms with van der Waals surface area (Å²) in [5.74, 6) is -1.11. The van der Waals surface area contributed by atoms with Crippen molar-refractivity contribution in [1.82, 2.24) is 9.88 Å². The molecule has 2 N–H and O–H groups in total. The lowest BCUT2D eigenvalue weighted by molar-refractivity contribution is 0.0231. The maximum Gasteiger partial charge on any atom is 0.410 e. The predicted octanol–water partition coefficient (Wildman–Crippen LogP) is 5.12. The van der Waals surface area contributed by atoms with Crippen LogP contribution in [0.5, 0.6) is 0 Å². The van der Waals surface area contributed by atoms with Gasteiger partial charge in [0.15, 0.2) is 0 Å². The number of amides is 1. The van der Waals surface area contributed by atoms with E-state index in [9.17, 15) is 14.7 Å². The van der Waals surface area contributed by atoms with Gasteiger partial charge < -0.3 is 24.8 Å². The first-order valence-corrected chi connectivity index (χ1v) is 11.3. The van der Waals surface area contributed by atoms with Crippen molar-refractivity contribution in [2.75, 3.05) is 31.6 Å². The summed E-state index contributed by atoms with van der Waals surface area (Å²) >= 11 is 12.3. The number of ether oxygens (including phenoxy) is 2. The number of aromatic nitrogens is 1. The van der Waals surface area contributed by atoms with Crippen LogP contribution in [0.2, 0.25) is 10.0 Å². The molecule has 0 spiro atoms. The van der Waals surface area contributed by atoms with Crippen molar-refractivity contribution in [2.45, 2.75) is 32.5 Å². The number of pyridine rings is 1. The Bertz CT molecular complexity index is 1010. The molecule has 2 aromatic rings. The van der Waals surface area contributed by atoms with Crippen LogP contribution in [-0.4, -0.2) is 58.9 Å².